The Labute approximate surface area is 105 Å². The monoisotopic (exact) mass is 254 g/mol. The second-order valence-corrected chi connectivity index (χ2v) is 5.67. The summed E-state index contributed by atoms with van der Waals surface area (Å²) in [5.41, 5.74) is 0. The summed E-state index contributed by atoms with van der Waals surface area (Å²) in [6, 6.07) is 0.655. The number of aromatic carboxylic acids is 1. The molecule has 0 bridgehead atoms. The van der Waals surface area contributed by atoms with Gasteiger partial charge in [0.05, 0.1) is 11.2 Å². The third-order valence-electron chi connectivity index (χ3n) is 3.32. The van der Waals surface area contributed by atoms with Crippen LogP contribution in [0.5, 0.6) is 0 Å². The van der Waals surface area contributed by atoms with Crippen LogP contribution in [0, 0.1) is 0 Å². The van der Waals surface area contributed by atoms with Crippen molar-refractivity contribution in [3.8, 4) is 0 Å². The number of nitrogens with zero attached hydrogens (tertiary/aromatic N) is 2. The molecule has 1 aliphatic rings. The molecule has 0 saturated carbocycles. The average Bonchev–Trinajstić information content (AvgIpc) is 2.77. The smallest absolute Gasteiger partial charge is 0.347 e. The molecule has 17 heavy (non-hydrogen) atoms. The first-order valence-electron chi connectivity index (χ1n) is 6.09. The first kappa shape index (κ1) is 12.5. The highest BCUT2D eigenvalue weighted by atomic mass is 32.1. The van der Waals surface area contributed by atoms with Crippen LogP contribution in [0.1, 0.15) is 40.9 Å². The highest BCUT2D eigenvalue weighted by molar-refractivity contribution is 7.13. The molecule has 4 nitrogen and oxygen atoms in total. The quantitative estimate of drug-likeness (QED) is 0.895. The molecule has 2 heterocycles. The molecular weight excluding hydrogens is 236 g/mol. The van der Waals surface area contributed by atoms with Gasteiger partial charge in [-0.2, -0.15) is 0 Å². The van der Waals surface area contributed by atoms with Gasteiger partial charge < -0.3 is 10.0 Å². The standard InChI is InChI=1S/C12H18N2O2S/c1-9-4-2-3-6-14(9)7-5-11-13-8-10(17-11)12(15)16/h8-9H,2-7H2,1H3,(H,15,16). The highest BCUT2D eigenvalue weighted by Gasteiger charge is 2.18. The molecule has 0 radical (unpaired) electrons. The Kier molecular flexibility index (Phi) is 4.12. The van der Waals surface area contributed by atoms with E-state index in [0.29, 0.717) is 10.9 Å². The second kappa shape index (κ2) is 5.60. The van der Waals surface area contributed by atoms with Gasteiger partial charge in [0.25, 0.3) is 0 Å². The van der Waals surface area contributed by atoms with Crippen LogP contribution >= 0.6 is 11.3 Å². The zero-order chi connectivity index (χ0) is 12.3. The number of aromatic nitrogens is 1. The fraction of sp³-hybridized carbons (Fsp3) is 0.667. The number of rotatable bonds is 4. The van der Waals surface area contributed by atoms with Crippen LogP contribution in [-0.4, -0.2) is 40.1 Å². The molecule has 94 valence electrons. The molecule has 1 unspecified atom stereocenters. The Bertz CT molecular complexity index is 392. The van der Waals surface area contributed by atoms with Crippen LogP contribution in [0.15, 0.2) is 6.20 Å². The minimum absolute atomic E-state index is 0.340. The Morgan fingerprint density at radius 3 is 3.12 bits per heavy atom. The number of carboxylic acids is 1. The number of likely N-dealkylation sites (tertiary alicyclic amines) is 1. The van der Waals surface area contributed by atoms with Gasteiger partial charge in [-0.15, -0.1) is 11.3 Å². The summed E-state index contributed by atoms with van der Waals surface area (Å²) in [7, 11) is 0. The molecule has 0 aliphatic carbocycles. The molecule has 1 fully saturated rings. The number of thiazole rings is 1. The van der Waals surface area contributed by atoms with Crippen LogP contribution < -0.4 is 0 Å². The molecule has 0 amide bonds. The van der Waals surface area contributed by atoms with E-state index < -0.39 is 5.97 Å². The average molecular weight is 254 g/mol. The van der Waals surface area contributed by atoms with E-state index in [1.165, 1.54) is 43.3 Å². The van der Waals surface area contributed by atoms with Crippen LogP contribution in [0.4, 0.5) is 0 Å². The first-order chi connectivity index (χ1) is 8.16. The first-order valence-corrected chi connectivity index (χ1v) is 6.90. The number of carboxylic acid groups (broad SMARTS) is 1. The Morgan fingerprint density at radius 1 is 1.65 bits per heavy atom. The summed E-state index contributed by atoms with van der Waals surface area (Å²) in [5, 5.41) is 9.75. The van der Waals surface area contributed by atoms with E-state index in [1.54, 1.807) is 0 Å². The van der Waals surface area contributed by atoms with Gasteiger partial charge >= 0.3 is 5.97 Å². The van der Waals surface area contributed by atoms with Crippen LogP contribution in [0.3, 0.4) is 0 Å². The van der Waals surface area contributed by atoms with Crippen molar-refractivity contribution in [1.29, 1.82) is 0 Å². The normalized spacial score (nSPS) is 21.6. The van der Waals surface area contributed by atoms with Gasteiger partial charge in [-0.05, 0) is 26.3 Å². The zero-order valence-electron chi connectivity index (χ0n) is 10.1. The zero-order valence-corrected chi connectivity index (χ0v) is 10.9. The minimum atomic E-state index is -0.875. The van der Waals surface area contributed by atoms with E-state index in [-0.39, 0.29) is 0 Å². The number of piperidine rings is 1. The molecule has 5 heteroatoms. The van der Waals surface area contributed by atoms with Crippen molar-refractivity contribution in [2.75, 3.05) is 13.1 Å². The Balaban J connectivity index is 1.86. The molecule has 2 rings (SSSR count). The molecule has 0 spiro atoms. The molecule has 0 aromatic carbocycles. The number of hydrogen-bond donors (Lipinski definition) is 1. The molecule has 1 atom stereocenters. The largest absolute Gasteiger partial charge is 0.477 e. The van der Waals surface area contributed by atoms with Crippen molar-refractivity contribution in [2.24, 2.45) is 0 Å². The van der Waals surface area contributed by atoms with Gasteiger partial charge in [-0.1, -0.05) is 6.42 Å². The van der Waals surface area contributed by atoms with Crippen LogP contribution in [0.2, 0.25) is 0 Å². The maximum atomic E-state index is 10.7. The SMILES string of the molecule is CC1CCCCN1CCc1ncc(C(=O)O)s1. The van der Waals surface area contributed by atoms with Gasteiger partial charge in [0.1, 0.15) is 4.88 Å². The van der Waals surface area contributed by atoms with Crippen molar-refractivity contribution in [3.63, 3.8) is 0 Å². The van der Waals surface area contributed by atoms with E-state index in [4.69, 9.17) is 5.11 Å². The molecule has 1 N–H and O–H groups in total. The third kappa shape index (κ3) is 3.26. The third-order valence-corrected chi connectivity index (χ3v) is 4.36. The summed E-state index contributed by atoms with van der Waals surface area (Å²) in [6.07, 6.45) is 6.21. The lowest BCUT2D eigenvalue weighted by atomic mass is 10.0. The van der Waals surface area contributed by atoms with Gasteiger partial charge in [-0.3, -0.25) is 0 Å². The van der Waals surface area contributed by atoms with E-state index in [0.717, 1.165) is 18.0 Å². The summed E-state index contributed by atoms with van der Waals surface area (Å²) >= 11 is 1.29. The Morgan fingerprint density at radius 2 is 2.47 bits per heavy atom. The predicted octanol–water partition coefficient (Wildman–Crippen LogP) is 2.26. The number of carbonyl (C=O) groups is 1. The highest BCUT2D eigenvalue weighted by Crippen LogP contribution is 2.18. The van der Waals surface area contributed by atoms with Crippen molar-refractivity contribution >= 4 is 17.3 Å². The number of hydrogen-bond acceptors (Lipinski definition) is 4. The maximum Gasteiger partial charge on any atom is 0.347 e. The molecule has 1 saturated heterocycles. The summed E-state index contributed by atoms with van der Waals surface area (Å²) < 4.78 is 0. The minimum Gasteiger partial charge on any atom is -0.477 e. The van der Waals surface area contributed by atoms with Crippen molar-refractivity contribution in [2.45, 2.75) is 38.6 Å². The lowest BCUT2D eigenvalue weighted by Crippen LogP contribution is -2.38. The van der Waals surface area contributed by atoms with Crippen LogP contribution in [-0.2, 0) is 6.42 Å². The fourth-order valence-corrected chi connectivity index (χ4v) is 3.00. The lowest BCUT2D eigenvalue weighted by Gasteiger charge is -2.32. The Hall–Kier alpha value is -0.940. The summed E-state index contributed by atoms with van der Waals surface area (Å²) in [5.74, 6) is -0.875. The lowest BCUT2D eigenvalue weighted by molar-refractivity contribution is 0.0702. The summed E-state index contributed by atoms with van der Waals surface area (Å²) in [6.45, 7) is 4.43. The van der Waals surface area contributed by atoms with E-state index >= 15 is 0 Å². The molecule has 1 aromatic rings. The van der Waals surface area contributed by atoms with Gasteiger partial charge in [-0.25, -0.2) is 9.78 Å². The van der Waals surface area contributed by atoms with E-state index in [2.05, 4.69) is 16.8 Å². The van der Waals surface area contributed by atoms with E-state index in [1.807, 2.05) is 0 Å². The van der Waals surface area contributed by atoms with Crippen molar-refractivity contribution in [1.82, 2.24) is 9.88 Å². The van der Waals surface area contributed by atoms with Crippen LogP contribution in [0.25, 0.3) is 0 Å². The predicted molar refractivity (Wildman–Crippen MR) is 67.7 cm³/mol. The van der Waals surface area contributed by atoms with Gasteiger partial charge in [0.2, 0.25) is 0 Å². The van der Waals surface area contributed by atoms with Crippen molar-refractivity contribution in [3.05, 3.63) is 16.1 Å². The van der Waals surface area contributed by atoms with E-state index in [9.17, 15) is 4.79 Å². The topological polar surface area (TPSA) is 53.4 Å². The van der Waals surface area contributed by atoms with Gasteiger partial charge in [0.15, 0.2) is 0 Å². The van der Waals surface area contributed by atoms with Crippen molar-refractivity contribution < 1.29 is 9.90 Å². The second-order valence-electron chi connectivity index (χ2n) is 4.55. The summed E-state index contributed by atoms with van der Waals surface area (Å²) in [4.78, 5) is 17.7. The molecule has 1 aromatic heterocycles. The van der Waals surface area contributed by atoms with Gasteiger partial charge in [0, 0.05) is 19.0 Å². The molecular formula is C12H18N2O2S. The molecule has 1 aliphatic heterocycles. The fourth-order valence-electron chi connectivity index (χ4n) is 2.25. The maximum absolute atomic E-state index is 10.7.